The Morgan fingerprint density at radius 3 is 2.19 bits per heavy atom. The maximum Gasteiger partial charge on any atom is 0.245 e. The van der Waals surface area contributed by atoms with E-state index >= 15 is 0 Å². The van der Waals surface area contributed by atoms with Crippen LogP contribution in [0, 0.1) is 11.3 Å². The fourth-order valence-corrected chi connectivity index (χ4v) is 6.84. The van der Waals surface area contributed by atoms with Gasteiger partial charge in [0.25, 0.3) is 0 Å². The first-order valence-electron chi connectivity index (χ1n) is 15.9. The average Bonchev–Trinajstić information content (AvgIpc) is 3.63. The summed E-state index contributed by atoms with van der Waals surface area (Å²) in [7, 11) is 3.59. The topological polar surface area (TPSA) is 102 Å². The van der Waals surface area contributed by atoms with Gasteiger partial charge in [-0.2, -0.15) is 0 Å². The molecule has 2 N–H and O–H groups in total. The Labute approximate surface area is 259 Å². The van der Waals surface area contributed by atoms with E-state index in [9.17, 15) is 19.2 Å². The lowest BCUT2D eigenvalue weighted by atomic mass is 9.76. The van der Waals surface area contributed by atoms with Crippen molar-refractivity contribution in [1.82, 2.24) is 25.3 Å². The minimum Gasteiger partial charge on any atom is -0.342 e. The zero-order chi connectivity index (χ0) is 32.1. The molecule has 2 aliphatic rings. The van der Waals surface area contributed by atoms with Gasteiger partial charge >= 0.3 is 0 Å². The van der Waals surface area contributed by atoms with E-state index in [-0.39, 0.29) is 41.8 Å². The standard InChI is InChI=1S/C34H55N5O4/c1-23(2)27(21-38-19-14-18-26(38)31(42)39-20-13-17-25(39)22-40)37(9)32(43)29(33(3,4)5)36-30(41)28(35-8)34(6,7)24-15-11-10-12-16-24/h10-12,15-16,22-23,25-29,35H,13-14,17-21H2,1-9H3,(H,36,41)/t25-,26?,27+,28+,29?/m0/s1. The number of nitrogens with zero attached hydrogens (tertiary/aromatic N) is 3. The molecule has 3 amide bonds. The number of likely N-dealkylation sites (N-methyl/N-ethyl adjacent to an activating group) is 2. The summed E-state index contributed by atoms with van der Waals surface area (Å²) in [5.74, 6) is -0.213. The molecule has 2 unspecified atom stereocenters. The van der Waals surface area contributed by atoms with E-state index in [1.54, 1.807) is 16.8 Å². The number of hydrogen-bond acceptors (Lipinski definition) is 6. The van der Waals surface area contributed by atoms with Crippen molar-refractivity contribution in [2.45, 2.75) is 110 Å². The van der Waals surface area contributed by atoms with Gasteiger partial charge < -0.3 is 25.2 Å². The minimum atomic E-state index is -0.748. The van der Waals surface area contributed by atoms with Crippen LogP contribution in [0.3, 0.4) is 0 Å². The summed E-state index contributed by atoms with van der Waals surface area (Å²) >= 11 is 0. The highest BCUT2D eigenvalue weighted by Gasteiger charge is 2.43. The van der Waals surface area contributed by atoms with Gasteiger partial charge in [0.1, 0.15) is 12.3 Å². The Bertz CT molecular complexity index is 1120. The summed E-state index contributed by atoms with van der Waals surface area (Å²) in [6.45, 7) is 16.1. The third kappa shape index (κ3) is 7.85. The second-order valence-electron chi connectivity index (χ2n) is 14.4. The van der Waals surface area contributed by atoms with E-state index < -0.39 is 22.9 Å². The van der Waals surface area contributed by atoms with Crippen LogP contribution in [-0.4, -0.2) is 103 Å². The van der Waals surface area contributed by atoms with Crippen molar-refractivity contribution in [2.24, 2.45) is 11.3 Å². The Morgan fingerprint density at radius 2 is 1.63 bits per heavy atom. The number of amides is 3. The molecule has 0 spiro atoms. The van der Waals surface area contributed by atoms with Gasteiger partial charge in [0, 0.05) is 31.6 Å². The number of carbonyl (C=O) groups excluding carboxylic acids is 4. The second kappa shape index (κ2) is 14.3. The average molecular weight is 598 g/mol. The molecule has 0 saturated carbocycles. The van der Waals surface area contributed by atoms with Gasteiger partial charge in [-0.05, 0) is 56.2 Å². The van der Waals surface area contributed by atoms with Gasteiger partial charge in [-0.3, -0.25) is 19.3 Å². The highest BCUT2D eigenvalue weighted by Crippen LogP contribution is 2.30. The van der Waals surface area contributed by atoms with Crippen molar-refractivity contribution in [3.8, 4) is 0 Å². The lowest BCUT2D eigenvalue weighted by molar-refractivity contribution is -0.143. The number of carbonyl (C=O) groups is 4. The van der Waals surface area contributed by atoms with Gasteiger partial charge in [0.15, 0.2) is 0 Å². The first kappa shape index (κ1) is 34.7. The van der Waals surface area contributed by atoms with Crippen LogP contribution in [0.4, 0.5) is 0 Å². The molecule has 1 aromatic carbocycles. The van der Waals surface area contributed by atoms with Gasteiger partial charge in [-0.1, -0.05) is 78.8 Å². The van der Waals surface area contributed by atoms with Gasteiger partial charge in [-0.15, -0.1) is 0 Å². The van der Waals surface area contributed by atoms with Crippen LogP contribution in [0.25, 0.3) is 0 Å². The highest BCUT2D eigenvalue weighted by molar-refractivity contribution is 5.91. The molecular weight excluding hydrogens is 542 g/mol. The van der Waals surface area contributed by atoms with Crippen molar-refractivity contribution in [3.05, 3.63) is 35.9 Å². The van der Waals surface area contributed by atoms with E-state index in [0.29, 0.717) is 13.1 Å². The Kier molecular flexibility index (Phi) is 11.6. The third-order valence-electron chi connectivity index (χ3n) is 9.61. The molecule has 2 aliphatic heterocycles. The van der Waals surface area contributed by atoms with E-state index in [4.69, 9.17) is 0 Å². The van der Waals surface area contributed by atoms with Crippen LogP contribution in [0.5, 0.6) is 0 Å². The van der Waals surface area contributed by atoms with Gasteiger partial charge in [0.05, 0.1) is 18.1 Å². The fraction of sp³-hybridized carbons (Fsp3) is 0.706. The maximum atomic E-state index is 14.2. The number of hydrogen-bond donors (Lipinski definition) is 2. The SMILES string of the molecule is CN[C@H](C(=O)NC(C(=O)N(C)[C@H](CN1CCCC1C(=O)N1CCC[C@H]1C=O)C(C)C)C(C)(C)C)C(C)(C)c1ccccc1. The van der Waals surface area contributed by atoms with Gasteiger partial charge in [0.2, 0.25) is 17.7 Å². The molecule has 3 rings (SSSR count). The molecule has 0 radical (unpaired) electrons. The molecule has 5 atom stereocenters. The van der Waals surface area contributed by atoms with Crippen molar-refractivity contribution < 1.29 is 19.2 Å². The van der Waals surface area contributed by atoms with Crippen LogP contribution in [0.1, 0.15) is 79.7 Å². The number of rotatable bonds is 12. The first-order chi connectivity index (χ1) is 20.1. The second-order valence-corrected chi connectivity index (χ2v) is 14.4. The smallest absolute Gasteiger partial charge is 0.245 e. The summed E-state index contributed by atoms with van der Waals surface area (Å²) < 4.78 is 0. The monoisotopic (exact) mass is 597 g/mol. The van der Waals surface area contributed by atoms with Crippen LogP contribution >= 0.6 is 0 Å². The van der Waals surface area contributed by atoms with Gasteiger partial charge in [-0.25, -0.2) is 0 Å². The minimum absolute atomic E-state index is 0.0301. The zero-order valence-electron chi connectivity index (χ0n) is 27.9. The van der Waals surface area contributed by atoms with Crippen molar-refractivity contribution in [3.63, 3.8) is 0 Å². The normalized spacial score (nSPS) is 21.9. The Hall–Kier alpha value is -2.78. The number of aldehydes is 1. The fourth-order valence-electron chi connectivity index (χ4n) is 6.84. The quantitative estimate of drug-likeness (QED) is 0.359. The first-order valence-corrected chi connectivity index (χ1v) is 15.9. The van der Waals surface area contributed by atoms with E-state index in [2.05, 4.69) is 29.4 Å². The number of nitrogens with one attached hydrogen (secondary N) is 2. The molecule has 0 bridgehead atoms. The van der Waals surface area contributed by atoms with Crippen LogP contribution in [0.2, 0.25) is 0 Å². The molecule has 2 saturated heterocycles. The summed E-state index contributed by atoms with van der Waals surface area (Å²) in [5, 5.41) is 6.33. The predicted molar refractivity (Wildman–Crippen MR) is 170 cm³/mol. The molecule has 9 heteroatoms. The molecule has 2 heterocycles. The molecule has 43 heavy (non-hydrogen) atoms. The number of likely N-dealkylation sites (tertiary alicyclic amines) is 2. The maximum absolute atomic E-state index is 14.2. The number of benzene rings is 1. The van der Waals surface area contributed by atoms with E-state index in [1.165, 1.54) is 0 Å². The highest BCUT2D eigenvalue weighted by atomic mass is 16.2. The van der Waals surface area contributed by atoms with E-state index in [0.717, 1.165) is 44.1 Å². The molecular formula is C34H55N5O4. The largest absolute Gasteiger partial charge is 0.342 e. The van der Waals surface area contributed by atoms with Crippen molar-refractivity contribution in [2.75, 3.05) is 33.7 Å². The lowest BCUT2D eigenvalue weighted by Crippen LogP contribution is -2.62. The molecule has 240 valence electrons. The van der Waals surface area contributed by atoms with Crippen LogP contribution in [-0.2, 0) is 24.6 Å². The Balaban J connectivity index is 1.79. The van der Waals surface area contributed by atoms with Crippen LogP contribution < -0.4 is 10.6 Å². The zero-order valence-corrected chi connectivity index (χ0v) is 27.9. The van der Waals surface area contributed by atoms with E-state index in [1.807, 2.05) is 72.0 Å². The summed E-state index contributed by atoms with van der Waals surface area (Å²) in [6.07, 6.45) is 4.14. The Morgan fingerprint density at radius 1 is 1.00 bits per heavy atom. The predicted octanol–water partition coefficient (Wildman–Crippen LogP) is 3.22. The third-order valence-corrected chi connectivity index (χ3v) is 9.61. The lowest BCUT2D eigenvalue weighted by Gasteiger charge is -2.41. The molecule has 0 aliphatic carbocycles. The molecule has 2 fully saturated rings. The molecule has 0 aromatic heterocycles. The molecule has 1 aromatic rings. The van der Waals surface area contributed by atoms with Crippen LogP contribution in [0.15, 0.2) is 30.3 Å². The van der Waals surface area contributed by atoms with Crippen molar-refractivity contribution >= 4 is 24.0 Å². The summed E-state index contributed by atoms with van der Waals surface area (Å²) in [5.41, 5.74) is -0.0279. The summed E-state index contributed by atoms with van der Waals surface area (Å²) in [6, 6.07) is 7.85. The molecule has 9 nitrogen and oxygen atoms in total. The van der Waals surface area contributed by atoms with Crippen molar-refractivity contribution in [1.29, 1.82) is 0 Å². The summed E-state index contributed by atoms with van der Waals surface area (Å²) in [4.78, 5) is 58.9.